The van der Waals surface area contributed by atoms with Crippen LogP contribution in [0.3, 0.4) is 0 Å². The minimum atomic E-state index is -0.564. The number of hydrogen-bond donors (Lipinski definition) is 0. The Labute approximate surface area is 161 Å². The highest BCUT2D eigenvalue weighted by Crippen LogP contribution is 2.30. The Hall–Kier alpha value is -3.12. The van der Waals surface area contributed by atoms with Crippen LogP contribution in [-0.2, 0) is 14.3 Å². The van der Waals surface area contributed by atoms with Crippen molar-refractivity contribution in [2.75, 3.05) is 7.11 Å². The van der Waals surface area contributed by atoms with Gasteiger partial charge >= 0.3 is 11.9 Å². The molecule has 0 spiro atoms. The summed E-state index contributed by atoms with van der Waals surface area (Å²) in [4.78, 5) is 27.8. The lowest BCUT2D eigenvalue weighted by molar-refractivity contribution is -0.134. The first kappa shape index (κ1) is 18.7. The van der Waals surface area contributed by atoms with Crippen molar-refractivity contribution in [2.24, 2.45) is 4.99 Å². The number of benzene rings is 2. The Balaban J connectivity index is 1.89. The Morgan fingerprint density at radius 2 is 2.04 bits per heavy atom. The van der Waals surface area contributed by atoms with Crippen molar-refractivity contribution in [2.45, 2.75) is 13.3 Å². The van der Waals surface area contributed by atoms with Crippen LogP contribution in [0.4, 0.5) is 0 Å². The van der Waals surface area contributed by atoms with Crippen LogP contribution in [0.5, 0.6) is 11.5 Å². The second-order valence-corrected chi connectivity index (χ2v) is 6.02. The van der Waals surface area contributed by atoms with Crippen molar-refractivity contribution in [3.05, 3.63) is 64.3 Å². The molecule has 1 heterocycles. The monoisotopic (exact) mass is 385 g/mol. The van der Waals surface area contributed by atoms with Gasteiger partial charge in [0, 0.05) is 17.0 Å². The summed E-state index contributed by atoms with van der Waals surface area (Å²) in [6, 6.07) is 11.8. The zero-order valence-corrected chi connectivity index (χ0v) is 15.4. The summed E-state index contributed by atoms with van der Waals surface area (Å²) in [6.07, 6.45) is 1.82. The molecule has 138 valence electrons. The average molecular weight is 386 g/mol. The molecule has 0 atom stereocenters. The minimum absolute atomic E-state index is 0.144. The molecule has 0 radical (unpaired) electrons. The Kier molecular flexibility index (Phi) is 5.57. The first-order valence-electron chi connectivity index (χ1n) is 8.17. The van der Waals surface area contributed by atoms with Crippen LogP contribution in [-0.4, -0.2) is 24.9 Å². The van der Waals surface area contributed by atoms with Crippen LogP contribution in [0, 0.1) is 0 Å². The summed E-state index contributed by atoms with van der Waals surface area (Å²) < 4.78 is 15.7. The third-order valence-electron chi connectivity index (χ3n) is 3.70. The van der Waals surface area contributed by atoms with E-state index < -0.39 is 5.97 Å². The number of rotatable bonds is 5. The molecule has 0 N–H and O–H groups in total. The first-order valence-corrected chi connectivity index (χ1v) is 8.55. The molecule has 2 aromatic carbocycles. The van der Waals surface area contributed by atoms with Crippen LogP contribution in [0.15, 0.2) is 53.2 Å². The van der Waals surface area contributed by atoms with E-state index in [9.17, 15) is 9.59 Å². The summed E-state index contributed by atoms with van der Waals surface area (Å²) in [5, 5.41) is 0.519. The van der Waals surface area contributed by atoms with Crippen molar-refractivity contribution in [1.82, 2.24) is 0 Å². The minimum Gasteiger partial charge on any atom is -0.493 e. The van der Waals surface area contributed by atoms with Crippen molar-refractivity contribution in [3.8, 4) is 11.5 Å². The lowest BCUT2D eigenvalue weighted by Gasteiger charge is -2.09. The molecule has 0 fully saturated rings. The summed E-state index contributed by atoms with van der Waals surface area (Å²) in [5.74, 6) is -0.0608. The van der Waals surface area contributed by atoms with Crippen molar-refractivity contribution < 1.29 is 23.8 Å². The van der Waals surface area contributed by atoms with Gasteiger partial charge < -0.3 is 14.2 Å². The fraction of sp³-hybridized carbons (Fsp3) is 0.150. The van der Waals surface area contributed by atoms with E-state index in [1.54, 1.807) is 55.5 Å². The maximum absolute atomic E-state index is 12.1. The predicted molar refractivity (Wildman–Crippen MR) is 101 cm³/mol. The molecule has 1 aliphatic heterocycles. The molecule has 0 saturated heterocycles. The molecule has 0 bridgehead atoms. The van der Waals surface area contributed by atoms with Crippen molar-refractivity contribution in [1.29, 1.82) is 0 Å². The predicted octanol–water partition coefficient (Wildman–Crippen LogP) is 4.01. The van der Waals surface area contributed by atoms with Gasteiger partial charge in [0.2, 0.25) is 5.90 Å². The molecule has 7 heteroatoms. The molecule has 0 unspecified atom stereocenters. The number of methoxy groups -OCH3 is 1. The van der Waals surface area contributed by atoms with Crippen LogP contribution < -0.4 is 9.47 Å². The van der Waals surface area contributed by atoms with Crippen LogP contribution in [0.2, 0.25) is 5.02 Å². The highest BCUT2D eigenvalue weighted by atomic mass is 35.5. The molecule has 27 heavy (non-hydrogen) atoms. The number of halogens is 1. The van der Waals surface area contributed by atoms with Gasteiger partial charge in [-0.15, -0.1) is 0 Å². The van der Waals surface area contributed by atoms with Gasteiger partial charge in [-0.3, -0.25) is 4.79 Å². The molecular formula is C20H16ClNO5. The van der Waals surface area contributed by atoms with Crippen molar-refractivity contribution in [3.63, 3.8) is 0 Å². The number of ether oxygens (including phenoxy) is 3. The molecule has 3 rings (SSSR count). The van der Waals surface area contributed by atoms with E-state index in [2.05, 4.69) is 4.99 Å². The number of carbonyl (C=O) groups is 2. The van der Waals surface area contributed by atoms with E-state index in [1.807, 2.05) is 0 Å². The molecule has 1 aliphatic rings. The molecular weight excluding hydrogens is 370 g/mol. The molecule has 0 saturated carbocycles. The maximum atomic E-state index is 12.1. The smallest absolute Gasteiger partial charge is 0.363 e. The summed E-state index contributed by atoms with van der Waals surface area (Å²) in [7, 11) is 1.47. The highest BCUT2D eigenvalue weighted by molar-refractivity contribution is 6.31. The SMILES string of the molecule is CCC(=O)Oc1ccc(/C=C2\N=C(c3cccc(Cl)c3)OC2=O)cc1OC. The Morgan fingerprint density at radius 1 is 1.22 bits per heavy atom. The topological polar surface area (TPSA) is 74.2 Å². The number of nitrogens with zero attached hydrogens (tertiary/aromatic N) is 1. The van der Waals surface area contributed by atoms with Gasteiger partial charge in [0.05, 0.1) is 7.11 Å². The summed E-state index contributed by atoms with van der Waals surface area (Å²) in [6.45, 7) is 1.70. The maximum Gasteiger partial charge on any atom is 0.363 e. The fourth-order valence-electron chi connectivity index (χ4n) is 2.37. The van der Waals surface area contributed by atoms with Crippen LogP contribution >= 0.6 is 11.6 Å². The summed E-state index contributed by atoms with van der Waals surface area (Å²) >= 11 is 5.96. The first-order chi connectivity index (χ1) is 13.0. The number of aliphatic imine (C=N–C) groups is 1. The fourth-order valence-corrected chi connectivity index (χ4v) is 2.56. The lowest BCUT2D eigenvalue weighted by atomic mass is 10.1. The largest absolute Gasteiger partial charge is 0.493 e. The molecule has 0 aliphatic carbocycles. The van der Waals surface area contributed by atoms with Gasteiger partial charge in [0.1, 0.15) is 0 Å². The quantitative estimate of drug-likeness (QED) is 0.441. The Morgan fingerprint density at radius 3 is 2.74 bits per heavy atom. The van der Waals surface area contributed by atoms with E-state index >= 15 is 0 Å². The molecule has 2 aromatic rings. The molecule has 0 aromatic heterocycles. The van der Waals surface area contributed by atoms with Gasteiger partial charge in [-0.05, 0) is 42.0 Å². The van der Waals surface area contributed by atoms with E-state index in [4.69, 9.17) is 25.8 Å². The van der Waals surface area contributed by atoms with Gasteiger partial charge in [-0.2, -0.15) is 0 Å². The van der Waals surface area contributed by atoms with E-state index in [-0.39, 0.29) is 24.0 Å². The third-order valence-corrected chi connectivity index (χ3v) is 3.93. The summed E-state index contributed by atoms with van der Waals surface area (Å²) in [5.41, 5.74) is 1.40. The van der Waals surface area contributed by atoms with Gasteiger partial charge in [0.25, 0.3) is 0 Å². The van der Waals surface area contributed by atoms with Crippen molar-refractivity contribution >= 4 is 35.5 Å². The second-order valence-electron chi connectivity index (χ2n) is 5.58. The molecule has 6 nitrogen and oxygen atoms in total. The number of esters is 2. The standard InChI is InChI=1S/C20H16ClNO5/c1-3-18(23)26-16-8-7-12(10-17(16)25-2)9-15-20(24)27-19(22-15)13-5-4-6-14(21)11-13/h4-11H,3H2,1-2H3/b15-9-. The number of cyclic esters (lactones) is 1. The zero-order chi connectivity index (χ0) is 19.4. The Bertz CT molecular complexity index is 965. The zero-order valence-electron chi connectivity index (χ0n) is 14.7. The van der Waals surface area contributed by atoms with Gasteiger partial charge in [-0.25, -0.2) is 9.79 Å². The highest BCUT2D eigenvalue weighted by Gasteiger charge is 2.24. The van der Waals surface area contributed by atoms with E-state index in [1.165, 1.54) is 7.11 Å². The molecule has 0 amide bonds. The van der Waals surface area contributed by atoms with Crippen LogP contribution in [0.25, 0.3) is 6.08 Å². The number of carbonyl (C=O) groups excluding carboxylic acids is 2. The average Bonchev–Trinajstić information content (AvgIpc) is 3.03. The van der Waals surface area contributed by atoms with Gasteiger partial charge in [-0.1, -0.05) is 30.7 Å². The van der Waals surface area contributed by atoms with E-state index in [0.717, 1.165) is 0 Å². The number of hydrogen-bond acceptors (Lipinski definition) is 6. The van der Waals surface area contributed by atoms with Crippen LogP contribution in [0.1, 0.15) is 24.5 Å². The van der Waals surface area contributed by atoms with E-state index in [0.29, 0.717) is 27.6 Å². The second kappa shape index (κ2) is 8.05. The lowest BCUT2D eigenvalue weighted by Crippen LogP contribution is -2.06. The normalized spacial score (nSPS) is 14.7. The third kappa shape index (κ3) is 4.35. The van der Waals surface area contributed by atoms with Gasteiger partial charge in [0.15, 0.2) is 17.2 Å².